The lowest BCUT2D eigenvalue weighted by Crippen LogP contribution is -2.29. The molecule has 0 aromatic heterocycles. The zero-order chi connectivity index (χ0) is 12.0. The molecule has 1 fully saturated rings. The van der Waals surface area contributed by atoms with E-state index in [-0.39, 0.29) is 5.41 Å². The number of aryl methyl sites for hydroxylation is 1. The van der Waals surface area contributed by atoms with E-state index in [0.717, 1.165) is 30.7 Å². The van der Waals surface area contributed by atoms with Crippen molar-refractivity contribution in [3.63, 3.8) is 0 Å². The van der Waals surface area contributed by atoms with E-state index in [1.54, 1.807) is 0 Å². The number of halogens is 1. The monoisotopic (exact) mass is 250 g/mol. The van der Waals surface area contributed by atoms with Crippen molar-refractivity contribution in [3.8, 4) is 0 Å². The SMILES string of the molecule is O=C(O)CC1CCc2ccc(Cl)cc2C12CC2. The average molecular weight is 251 g/mol. The first-order chi connectivity index (χ1) is 8.12. The Morgan fingerprint density at radius 3 is 2.88 bits per heavy atom. The predicted octanol–water partition coefficient (Wildman–Crippen LogP) is 3.41. The second-order valence-electron chi connectivity index (χ2n) is 5.29. The van der Waals surface area contributed by atoms with Crippen molar-refractivity contribution >= 4 is 17.6 Å². The molecule has 0 saturated heterocycles. The standard InChI is InChI=1S/C14H15ClO2/c15-11-4-2-9-1-3-10(7-13(16)17)14(5-6-14)12(9)8-11/h2,4,8,10H,1,3,5-7H2,(H,16,17). The van der Waals surface area contributed by atoms with Gasteiger partial charge in [0, 0.05) is 11.4 Å². The van der Waals surface area contributed by atoms with Crippen molar-refractivity contribution in [3.05, 3.63) is 34.3 Å². The number of fused-ring (bicyclic) bond motifs is 2. The summed E-state index contributed by atoms with van der Waals surface area (Å²) >= 11 is 6.07. The Labute approximate surface area is 106 Å². The number of rotatable bonds is 2. The quantitative estimate of drug-likeness (QED) is 0.873. The van der Waals surface area contributed by atoms with Gasteiger partial charge in [-0.25, -0.2) is 0 Å². The Bertz CT molecular complexity index is 477. The van der Waals surface area contributed by atoms with Crippen molar-refractivity contribution in [2.45, 2.75) is 37.5 Å². The zero-order valence-corrected chi connectivity index (χ0v) is 10.3. The molecule has 0 radical (unpaired) electrons. The van der Waals surface area contributed by atoms with Crippen LogP contribution in [0, 0.1) is 5.92 Å². The number of hydrogen-bond acceptors (Lipinski definition) is 1. The molecular formula is C14H15ClO2. The van der Waals surface area contributed by atoms with Gasteiger partial charge in [0.25, 0.3) is 0 Å². The van der Waals surface area contributed by atoms with Gasteiger partial charge in [-0.3, -0.25) is 4.79 Å². The molecule has 1 unspecified atom stereocenters. The Kier molecular flexibility index (Phi) is 2.44. The second kappa shape index (κ2) is 3.74. The van der Waals surface area contributed by atoms with Gasteiger partial charge < -0.3 is 5.11 Å². The molecule has 90 valence electrons. The van der Waals surface area contributed by atoms with Crippen LogP contribution in [0.3, 0.4) is 0 Å². The van der Waals surface area contributed by atoms with E-state index in [1.165, 1.54) is 11.1 Å². The summed E-state index contributed by atoms with van der Waals surface area (Å²) in [6, 6.07) is 6.10. The van der Waals surface area contributed by atoms with Crippen LogP contribution in [0.15, 0.2) is 18.2 Å². The molecule has 1 atom stereocenters. The maximum absolute atomic E-state index is 10.9. The molecule has 1 aromatic rings. The Morgan fingerprint density at radius 2 is 2.24 bits per heavy atom. The number of benzene rings is 1. The van der Waals surface area contributed by atoms with Gasteiger partial charge in [0.2, 0.25) is 0 Å². The van der Waals surface area contributed by atoms with Gasteiger partial charge in [0.1, 0.15) is 0 Å². The van der Waals surface area contributed by atoms with Gasteiger partial charge in [-0.05, 0) is 60.3 Å². The molecule has 17 heavy (non-hydrogen) atoms. The summed E-state index contributed by atoms with van der Waals surface area (Å²) in [5, 5.41) is 9.77. The van der Waals surface area contributed by atoms with Crippen LogP contribution in [0.25, 0.3) is 0 Å². The molecule has 0 amide bonds. The third kappa shape index (κ3) is 1.75. The van der Waals surface area contributed by atoms with Crippen molar-refractivity contribution in [2.75, 3.05) is 0 Å². The highest BCUT2D eigenvalue weighted by Crippen LogP contribution is 2.59. The van der Waals surface area contributed by atoms with Gasteiger partial charge in [-0.2, -0.15) is 0 Å². The Morgan fingerprint density at radius 1 is 1.47 bits per heavy atom. The summed E-state index contributed by atoms with van der Waals surface area (Å²) in [5.74, 6) is -0.377. The van der Waals surface area contributed by atoms with Crippen LogP contribution in [0.5, 0.6) is 0 Å². The summed E-state index contributed by atoms with van der Waals surface area (Å²) in [4.78, 5) is 10.9. The van der Waals surface area contributed by atoms with E-state index in [2.05, 4.69) is 12.1 Å². The first-order valence-electron chi connectivity index (χ1n) is 6.12. The maximum Gasteiger partial charge on any atom is 0.303 e. The number of hydrogen-bond donors (Lipinski definition) is 1. The lowest BCUT2D eigenvalue weighted by atomic mass is 9.71. The van der Waals surface area contributed by atoms with Crippen LogP contribution in [0.1, 0.15) is 36.8 Å². The van der Waals surface area contributed by atoms with Gasteiger partial charge in [0.05, 0.1) is 0 Å². The van der Waals surface area contributed by atoms with E-state index in [9.17, 15) is 4.79 Å². The minimum atomic E-state index is -0.674. The first kappa shape index (κ1) is 11.1. The number of carboxylic acids is 1. The van der Waals surface area contributed by atoms with Crippen LogP contribution >= 0.6 is 11.6 Å². The molecule has 3 heteroatoms. The fourth-order valence-corrected chi connectivity index (χ4v) is 3.55. The smallest absolute Gasteiger partial charge is 0.303 e. The van der Waals surface area contributed by atoms with Crippen molar-refractivity contribution in [2.24, 2.45) is 5.92 Å². The lowest BCUT2D eigenvalue weighted by molar-refractivity contribution is -0.138. The normalized spacial score (nSPS) is 24.4. The summed E-state index contributed by atoms with van der Waals surface area (Å²) in [6.07, 6.45) is 4.54. The minimum absolute atomic E-state index is 0.136. The molecule has 2 aliphatic rings. The third-order valence-electron chi connectivity index (χ3n) is 4.36. The lowest BCUT2D eigenvalue weighted by Gasteiger charge is -2.33. The van der Waals surface area contributed by atoms with Crippen LogP contribution in [-0.2, 0) is 16.6 Å². The molecule has 0 heterocycles. The Balaban J connectivity index is 1.99. The Hall–Kier alpha value is -1.02. The molecule has 1 saturated carbocycles. The largest absolute Gasteiger partial charge is 0.481 e. The highest BCUT2D eigenvalue weighted by Gasteiger charge is 2.53. The van der Waals surface area contributed by atoms with Crippen LogP contribution in [0.4, 0.5) is 0 Å². The van der Waals surface area contributed by atoms with Crippen molar-refractivity contribution in [1.29, 1.82) is 0 Å². The van der Waals surface area contributed by atoms with Crippen LogP contribution in [0.2, 0.25) is 5.02 Å². The average Bonchev–Trinajstić information content (AvgIpc) is 3.04. The third-order valence-corrected chi connectivity index (χ3v) is 4.60. The summed E-state index contributed by atoms with van der Waals surface area (Å²) in [6.45, 7) is 0. The van der Waals surface area contributed by atoms with E-state index >= 15 is 0 Å². The van der Waals surface area contributed by atoms with E-state index in [1.807, 2.05) is 6.07 Å². The van der Waals surface area contributed by atoms with E-state index in [0.29, 0.717) is 12.3 Å². The summed E-state index contributed by atoms with van der Waals surface area (Å²) in [5.41, 5.74) is 2.83. The molecular weight excluding hydrogens is 236 g/mol. The van der Waals surface area contributed by atoms with Crippen molar-refractivity contribution in [1.82, 2.24) is 0 Å². The van der Waals surface area contributed by atoms with Crippen LogP contribution in [-0.4, -0.2) is 11.1 Å². The number of carbonyl (C=O) groups is 1. The number of aliphatic carboxylic acids is 1. The molecule has 2 nitrogen and oxygen atoms in total. The van der Waals surface area contributed by atoms with Crippen molar-refractivity contribution < 1.29 is 9.90 Å². The zero-order valence-electron chi connectivity index (χ0n) is 9.58. The molecule has 0 aliphatic heterocycles. The van der Waals surface area contributed by atoms with Gasteiger partial charge in [-0.15, -0.1) is 0 Å². The van der Waals surface area contributed by atoms with E-state index < -0.39 is 5.97 Å². The van der Waals surface area contributed by atoms with Gasteiger partial charge in [-0.1, -0.05) is 17.7 Å². The summed E-state index contributed by atoms with van der Waals surface area (Å²) in [7, 11) is 0. The minimum Gasteiger partial charge on any atom is -0.481 e. The topological polar surface area (TPSA) is 37.3 Å². The molecule has 1 spiro atoms. The van der Waals surface area contributed by atoms with Gasteiger partial charge >= 0.3 is 5.97 Å². The first-order valence-corrected chi connectivity index (χ1v) is 6.50. The van der Waals surface area contributed by atoms with Gasteiger partial charge in [0.15, 0.2) is 0 Å². The molecule has 3 rings (SSSR count). The fraction of sp³-hybridized carbons (Fsp3) is 0.500. The van der Waals surface area contributed by atoms with Crippen LogP contribution < -0.4 is 0 Å². The molecule has 0 bridgehead atoms. The van der Waals surface area contributed by atoms with E-state index in [4.69, 9.17) is 16.7 Å². The summed E-state index contributed by atoms with van der Waals surface area (Å²) < 4.78 is 0. The maximum atomic E-state index is 10.9. The molecule has 2 aliphatic carbocycles. The second-order valence-corrected chi connectivity index (χ2v) is 5.73. The highest BCUT2D eigenvalue weighted by atomic mass is 35.5. The molecule has 1 N–H and O–H groups in total. The molecule has 1 aromatic carbocycles. The fourth-order valence-electron chi connectivity index (χ4n) is 3.38. The highest BCUT2D eigenvalue weighted by molar-refractivity contribution is 6.30. The number of carboxylic acid groups (broad SMARTS) is 1. The predicted molar refractivity (Wildman–Crippen MR) is 66.4 cm³/mol.